The molecule has 0 amide bonds. The third kappa shape index (κ3) is 3.33. The van der Waals surface area contributed by atoms with Gasteiger partial charge in [-0.25, -0.2) is 0 Å². The molecule has 0 saturated heterocycles. The summed E-state index contributed by atoms with van der Waals surface area (Å²) in [6.07, 6.45) is 0.986. The maximum absolute atomic E-state index is 9.22. The molecule has 2 nitrogen and oxygen atoms in total. The average Bonchev–Trinajstić information content (AvgIpc) is 2.89. The Bertz CT molecular complexity index is 531. The fourth-order valence-corrected chi connectivity index (χ4v) is 2.80. The minimum atomic E-state index is -0.223. The molecule has 0 spiro atoms. The van der Waals surface area contributed by atoms with E-state index in [4.69, 9.17) is 11.6 Å². The average molecular weight is 278 g/mol. The second-order valence-electron chi connectivity index (χ2n) is 3.98. The lowest BCUT2D eigenvalue weighted by Gasteiger charge is -2.09. The molecule has 0 unspecified atom stereocenters. The molecular weight excluding hydrogens is 264 g/mol. The molecule has 0 fully saturated rings. The number of thiophene rings is 1. The van der Waals surface area contributed by atoms with E-state index in [1.54, 1.807) is 11.3 Å². The first kappa shape index (κ1) is 13.1. The second-order valence-corrected chi connectivity index (χ2v) is 5.42. The van der Waals surface area contributed by atoms with E-state index in [2.05, 4.69) is 23.6 Å². The Morgan fingerprint density at radius 3 is 2.78 bits per heavy atom. The van der Waals surface area contributed by atoms with Crippen LogP contribution < -0.4 is 5.32 Å². The summed E-state index contributed by atoms with van der Waals surface area (Å²) in [5.41, 5.74) is 0.896. The summed E-state index contributed by atoms with van der Waals surface area (Å²) in [5.74, 6) is 0. The molecule has 2 N–H and O–H groups in total. The molecular formula is C14H14ClN2S+. The summed E-state index contributed by atoms with van der Waals surface area (Å²) in [5, 5.41) is 14.0. The van der Waals surface area contributed by atoms with Crippen molar-refractivity contribution in [2.45, 2.75) is 12.5 Å². The van der Waals surface area contributed by atoms with Crippen LogP contribution in [0.15, 0.2) is 41.8 Å². The molecule has 2 rings (SSSR count). The van der Waals surface area contributed by atoms with Crippen molar-refractivity contribution in [3.63, 3.8) is 0 Å². The Kier molecular flexibility index (Phi) is 4.77. The predicted molar refractivity (Wildman–Crippen MR) is 74.6 cm³/mol. The van der Waals surface area contributed by atoms with E-state index in [0.717, 1.165) is 18.5 Å². The number of rotatable bonds is 5. The van der Waals surface area contributed by atoms with Gasteiger partial charge in [-0.2, -0.15) is 5.26 Å². The zero-order valence-electron chi connectivity index (χ0n) is 9.84. The lowest BCUT2D eigenvalue weighted by Crippen LogP contribution is -2.85. The van der Waals surface area contributed by atoms with Crippen molar-refractivity contribution in [2.24, 2.45) is 0 Å². The van der Waals surface area contributed by atoms with Crippen LogP contribution in [0.3, 0.4) is 0 Å². The van der Waals surface area contributed by atoms with Crippen LogP contribution in [-0.4, -0.2) is 6.54 Å². The minimum absolute atomic E-state index is 0.223. The van der Waals surface area contributed by atoms with Crippen LogP contribution in [0.1, 0.15) is 16.5 Å². The molecule has 0 radical (unpaired) electrons. The molecule has 18 heavy (non-hydrogen) atoms. The summed E-state index contributed by atoms with van der Waals surface area (Å²) in [4.78, 5) is 1.35. The van der Waals surface area contributed by atoms with E-state index < -0.39 is 0 Å². The van der Waals surface area contributed by atoms with Crippen LogP contribution in [0, 0.1) is 11.3 Å². The molecule has 1 atom stereocenters. The third-order valence-corrected chi connectivity index (χ3v) is 4.03. The number of nitrogens with zero attached hydrogens (tertiary/aromatic N) is 1. The van der Waals surface area contributed by atoms with E-state index in [9.17, 15) is 5.26 Å². The van der Waals surface area contributed by atoms with Gasteiger partial charge in [0.1, 0.15) is 6.07 Å². The zero-order chi connectivity index (χ0) is 12.8. The summed E-state index contributed by atoms with van der Waals surface area (Å²) in [6.45, 7) is 0.893. The quantitative estimate of drug-likeness (QED) is 0.897. The second kappa shape index (κ2) is 6.55. The lowest BCUT2D eigenvalue weighted by molar-refractivity contribution is -0.683. The maximum atomic E-state index is 9.22. The first-order valence-corrected chi connectivity index (χ1v) is 7.07. The van der Waals surface area contributed by atoms with Gasteiger partial charge in [0.2, 0.25) is 6.04 Å². The molecule has 92 valence electrons. The lowest BCUT2D eigenvalue weighted by atomic mass is 10.1. The van der Waals surface area contributed by atoms with Gasteiger partial charge in [0.15, 0.2) is 0 Å². The van der Waals surface area contributed by atoms with E-state index in [1.165, 1.54) is 4.88 Å². The molecule has 0 aliphatic rings. The van der Waals surface area contributed by atoms with Crippen molar-refractivity contribution in [3.8, 4) is 6.07 Å². The number of hydrogen-bond acceptors (Lipinski definition) is 2. The Hall–Kier alpha value is -1.34. The van der Waals surface area contributed by atoms with E-state index in [1.807, 2.05) is 29.6 Å². The van der Waals surface area contributed by atoms with E-state index >= 15 is 0 Å². The van der Waals surface area contributed by atoms with Gasteiger partial charge < -0.3 is 5.32 Å². The van der Waals surface area contributed by atoms with Crippen molar-refractivity contribution in [1.82, 2.24) is 0 Å². The maximum Gasteiger partial charge on any atom is 0.200 e. The minimum Gasteiger partial charge on any atom is -0.328 e. The van der Waals surface area contributed by atoms with Gasteiger partial charge in [0.05, 0.1) is 11.6 Å². The van der Waals surface area contributed by atoms with Gasteiger partial charge in [-0.3, -0.25) is 0 Å². The van der Waals surface area contributed by atoms with Crippen LogP contribution in [0.5, 0.6) is 0 Å². The highest BCUT2D eigenvalue weighted by Gasteiger charge is 2.16. The van der Waals surface area contributed by atoms with Crippen molar-refractivity contribution in [3.05, 3.63) is 57.2 Å². The highest BCUT2D eigenvalue weighted by atomic mass is 35.5. The number of nitrogens with two attached hydrogens (primary N) is 1. The van der Waals surface area contributed by atoms with Gasteiger partial charge >= 0.3 is 0 Å². The van der Waals surface area contributed by atoms with Crippen molar-refractivity contribution >= 4 is 22.9 Å². The summed E-state index contributed by atoms with van der Waals surface area (Å²) >= 11 is 7.86. The summed E-state index contributed by atoms with van der Waals surface area (Å²) < 4.78 is 0. The SMILES string of the molecule is N#C[C@@H]([NH2+]CCc1cccs1)c1ccccc1Cl. The Morgan fingerprint density at radius 2 is 2.11 bits per heavy atom. The molecule has 0 saturated carbocycles. The van der Waals surface area contributed by atoms with Crippen molar-refractivity contribution in [1.29, 1.82) is 5.26 Å². The fraction of sp³-hybridized carbons (Fsp3) is 0.214. The Morgan fingerprint density at radius 1 is 1.28 bits per heavy atom. The van der Waals surface area contributed by atoms with E-state index in [0.29, 0.717) is 5.02 Å². The van der Waals surface area contributed by atoms with Gasteiger partial charge in [-0.05, 0) is 17.5 Å². The highest BCUT2D eigenvalue weighted by molar-refractivity contribution is 7.09. The highest BCUT2D eigenvalue weighted by Crippen LogP contribution is 2.19. The molecule has 0 aliphatic heterocycles. The topological polar surface area (TPSA) is 40.4 Å². The Balaban J connectivity index is 1.94. The number of benzene rings is 1. The van der Waals surface area contributed by atoms with Gasteiger partial charge in [-0.15, -0.1) is 11.3 Å². The summed E-state index contributed by atoms with van der Waals surface area (Å²) in [7, 11) is 0. The zero-order valence-corrected chi connectivity index (χ0v) is 11.4. The van der Waals surface area contributed by atoms with Crippen molar-refractivity contribution in [2.75, 3.05) is 6.54 Å². The first-order chi connectivity index (χ1) is 8.81. The molecule has 1 aromatic heterocycles. The molecule has 0 aliphatic carbocycles. The van der Waals surface area contributed by atoms with Gasteiger partial charge in [0, 0.05) is 16.9 Å². The number of halogens is 1. The standard InChI is InChI=1S/C14H13ClN2S/c15-13-6-2-1-5-12(13)14(10-16)17-8-7-11-4-3-9-18-11/h1-6,9,14,17H,7-8H2/p+1/t14-/m1/s1. The third-order valence-electron chi connectivity index (χ3n) is 2.75. The van der Waals surface area contributed by atoms with Gasteiger partial charge in [-0.1, -0.05) is 35.9 Å². The Labute approximate surface area is 116 Å². The van der Waals surface area contributed by atoms with Crippen LogP contribution in [-0.2, 0) is 6.42 Å². The molecule has 4 heteroatoms. The fourth-order valence-electron chi connectivity index (χ4n) is 1.82. The molecule has 1 heterocycles. The predicted octanol–water partition coefficient (Wildman–Crippen LogP) is 2.77. The smallest absolute Gasteiger partial charge is 0.200 e. The normalized spacial score (nSPS) is 12.0. The molecule has 1 aromatic carbocycles. The first-order valence-electron chi connectivity index (χ1n) is 5.81. The number of quaternary nitrogens is 1. The molecule has 0 bridgehead atoms. The molecule has 2 aromatic rings. The number of hydrogen-bond donors (Lipinski definition) is 1. The van der Waals surface area contributed by atoms with Gasteiger partial charge in [0.25, 0.3) is 0 Å². The van der Waals surface area contributed by atoms with Crippen molar-refractivity contribution < 1.29 is 5.32 Å². The van der Waals surface area contributed by atoms with Crippen LogP contribution in [0.25, 0.3) is 0 Å². The number of nitriles is 1. The van der Waals surface area contributed by atoms with Crippen LogP contribution >= 0.6 is 22.9 Å². The largest absolute Gasteiger partial charge is 0.328 e. The summed E-state index contributed by atoms with van der Waals surface area (Å²) in [6, 6.07) is 13.8. The monoisotopic (exact) mass is 277 g/mol. The van der Waals surface area contributed by atoms with E-state index in [-0.39, 0.29) is 6.04 Å². The van der Waals surface area contributed by atoms with Crippen LogP contribution in [0.4, 0.5) is 0 Å². The van der Waals surface area contributed by atoms with Crippen LogP contribution in [0.2, 0.25) is 5.02 Å².